The van der Waals surface area contributed by atoms with Crippen LogP contribution in [0.4, 0.5) is 0 Å². The minimum atomic E-state index is -0.707. The third-order valence-electron chi connectivity index (χ3n) is 3.34. The van der Waals surface area contributed by atoms with Crippen molar-refractivity contribution < 1.29 is 9.21 Å². The maximum Gasteiger partial charge on any atom is 0.347 e. The Kier molecular flexibility index (Phi) is 4.76. The predicted octanol–water partition coefficient (Wildman–Crippen LogP) is 5.65. The Hall–Kier alpha value is -2.07. The summed E-state index contributed by atoms with van der Waals surface area (Å²) >= 11 is 17.8. The quantitative estimate of drug-likeness (QED) is 0.336. The monoisotopic (exact) mass is 378 g/mol. The second kappa shape index (κ2) is 6.81. The van der Waals surface area contributed by atoms with Crippen molar-refractivity contribution in [3.05, 3.63) is 85.2 Å². The van der Waals surface area contributed by atoms with E-state index in [1.807, 2.05) is 0 Å². The van der Waals surface area contributed by atoms with Crippen molar-refractivity contribution in [1.82, 2.24) is 0 Å². The van der Waals surface area contributed by atoms with Crippen LogP contribution in [0.3, 0.4) is 0 Å². The zero-order valence-corrected chi connectivity index (χ0v) is 14.3. The summed E-state index contributed by atoms with van der Waals surface area (Å²) in [6, 6.07) is 11.2. The van der Waals surface area contributed by atoms with Crippen LogP contribution in [-0.4, -0.2) is 5.78 Å². The molecule has 0 atom stereocenters. The number of hydrogen-bond donors (Lipinski definition) is 0. The molecule has 0 unspecified atom stereocenters. The number of halogens is 3. The lowest BCUT2D eigenvalue weighted by Gasteiger charge is -2.01. The summed E-state index contributed by atoms with van der Waals surface area (Å²) in [6.45, 7) is 0. The summed E-state index contributed by atoms with van der Waals surface area (Å²) in [5.41, 5.74) is 0.195. The summed E-state index contributed by atoms with van der Waals surface area (Å²) < 4.78 is 5.15. The highest BCUT2D eigenvalue weighted by Gasteiger charge is 2.11. The number of benzene rings is 2. The zero-order chi connectivity index (χ0) is 17.3. The van der Waals surface area contributed by atoms with E-state index in [0.717, 1.165) is 0 Å². The number of hydrogen-bond acceptors (Lipinski definition) is 3. The van der Waals surface area contributed by atoms with Gasteiger partial charge >= 0.3 is 5.63 Å². The number of rotatable bonds is 3. The van der Waals surface area contributed by atoms with Crippen LogP contribution < -0.4 is 5.63 Å². The summed E-state index contributed by atoms with van der Waals surface area (Å²) in [6.07, 6.45) is 2.78. The number of carbonyl (C=O) groups excluding carboxylic acids is 1. The van der Waals surface area contributed by atoms with Crippen LogP contribution >= 0.6 is 34.8 Å². The molecular formula is C18H9Cl3O3. The van der Waals surface area contributed by atoms with Gasteiger partial charge in [-0.05, 0) is 54.1 Å². The molecule has 0 bridgehead atoms. The molecular weight excluding hydrogens is 371 g/mol. The highest BCUT2D eigenvalue weighted by Crippen LogP contribution is 2.22. The first-order chi connectivity index (χ1) is 11.4. The van der Waals surface area contributed by atoms with E-state index in [1.165, 1.54) is 18.2 Å². The molecule has 0 fully saturated rings. The lowest BCUT2D eigenvalue weighted by Crippen LogP contribution is -2.11. The molecule has 0 N–H and O–H groups in total. The van der Waals surface area contributed by atoms with E-state index in [4.69, 9.17) is 39.2 Å². The van der Waals surface area contributed by atoms with Gasteiger partial charge in [-0.2, -0.15) is 0 Å². The first-order valence-corrected chi connectivity index (χ1v) is 7.98. The third-order valence-corrected chi connectivity index (χ3v) is 4.13. The van der Waals surface area contributed by atoms with Crippen molar-refractivity contribution in [1.29, 1.82) is 0 Å². The van der Waals surface area contributed by atoms with E-state index in [9.17, 15) is 9.59 Å². The molecule has 0 spiro atoms. The van der Waals surface area contributed by atoms with E-state index >= 15 is 0 Å². The van der Waals surface area contributed by atoms with E-state index in [-0.39, 0.29) is 5.56 Å². The Balaban J connectivity index is 1.97. The average molecular weight is 380 g/mol. The van der Waals surface area contributed by atoms with Gasteiger partial charge in [0.15, 0.2) is 5.78 Å². The molecule has 0 aliphatic carbocycles. The fourth-order valence-electron chi connectivity index (χ4n) is 2.16. The van der Waals surface area contributed by atoms with Gasteiger partial charge in [-0.1, -0.05) is 40.9 Å². The van der Waals surface area contributed by atoms with Gasteiger partial charge in [0.1, 0.15) is 11.1 Å². The van der Waals surface area contributed by atoms with Crippen LogP contribution in [0, 0.1) is 0 Å². The summed E-state index contributed by atoms with van der Waals surface area (Å²) in [5.74, 6) is -0.489. The molecule has 0 amide bonds. The maximum absolute atomic E-state index is 12.3. The molecule has 3 rings (SSSR count). The van der Waals surface area contributed by atoms with Gasteiger partial charge < -0.3 is 4.42 Å². The zero-order valence-electron chi connectivity index (χ0n) is 12.1. The minimum absolute atomic E-state index is 0.0777. The van der Waals surface area contributed by atoms with E-state index in [1.54, 1.807) is 36.4 Å². The fourth-order valence-corrected chi connectivity index (χ4v) is 2.81. The highest BCUT2D eigenvalue weighted by atomic mass is 35.5. The molecule has 0 saturated heterocycles. The SMILES string of the molecule is O=C(/C=C/c1ccc(Cl)cc1Cl)c1cc2cc(Cl)ccc2oc1=O. The molecule has 0 saturated carbocycles. The number of allylic oxidation sites excluding steroid dienone is 1. The van der Waals surface area contributed by atoms with E-state index < -0.39 is 11.4 Å². The molecule has 3 aromatic rings. The van der Waals surface area contributed by atoms with Crippen molar-refractivity contribution in [2.75, 3.05) is 0 Å². The molecule has 6 heteroatoms. The summed E-state index contributed by atoms with van der Waals surface area (Å²) in [5, 5.41) is 1.96. The highest BCUT2D eigenvalue weighted by molar-refractivity contribution is 6.35. The van der Waals surface area contributed by atoms with Gasteiger partial charge in [0.2, 0.25) is 0 Å². The molecule has 120 valence electrons. The molecule has 0 radical (unpaired) electrons. The van der Waals surface area contributed by atoms with Crippen LogP contribution in [0.15, 0.2) is 57.8 Å². The minimum Gasteiger partial charge on any atom is -0.422 e. The average Bonchev–Trinajstić information content (AvgIpc) is 2.53. The van der Waals surface area contributed by atoms with Crippen molar-refractivity contribution in [2.24, 2.45) is 0 Å². The largest absolute Gasteiger partial charge is 0.422 e. The van der Waals surface area contributed by atoms with Gasteiger partial charge in [0, 0.05) is 20.5 Å². The number of ketones is 1. The fraction of sp³-hybridized carbons (Fsp3) is 0. The number of fused-ring (bicyclic) bond motifs is 1. The van der Waals surface area contributed by atoms with Crippen molar-refractivity contribution in [3.8, 4) is 0 Å². The van der Waals surface area contributed by atoms with Crippen LogP contribution in [0.2, 0.25) is 15.1 Å². The Morgan fingerprint density at radius 1 is 0.958 bits per heavy atom. The summed E-state index contributed by atoms with van der Waals surface area (Å²) in [4.78, 5) is 24.3. The van der Waals surface area contributed by atoms with E-state index in [2.05, 4.69) is 0 Å². The van der Waals surface area contributed by atoms with Gasteiger partial charge in [-0.25, -0.2) is 4.79 Å². The Morgan fingerprint density at radius 3 is 2.42 bits per heavy atom. The lowest BCUT2D eigenvalue weighted by molar-refractivity contribution is 0.104. The number of carbonyl (C=O) groups is 1. The third kappa shape index (κ3) is 3.54. The smallest absolute Gasteiger partial charge is 0.347 e. The Bertz CT molecular complexity index is 1040. The first-order valence-electron chi connectivity index (χ1n) is 6.85. The second-order valence-electron chi connectivity index (χ2n) is 4.99. The Labute approximate surface area is 152 Å². The van der Waals surface area contributed by atoms with Crippen LogP contribution in [0.25, 0.3) is 17.0 Å². The van der Waals surface area contributed by atoms with Gasteiger partial charge in [0.05, 0.1) is 0 Å². The summed E-state index contributed by atoms with van der Waals surface area (Å²) in [7, 11) is 0. The van der Waals surface area contributed by atoms with Crippen LogP contribution in [0.1, 0.15) is 15.9 Å². The standard InChI is InChI=1S/C18H9Cl3O3/c19-12-4-6-17-11(7-12)8-14(18(23)24-17)16(22)5-2-10-1-3-13(20)9-15(10)21/h1-9H/b5-2+. The normalized spacial score (nSPS) is 11.3. The molecule has 2 aromatic carbocycles. The van der Waals surface area contributed by atoms with E-state index in [0.29, 0.717) is 31.6 Å². The Morgan fingerprint density at radius 2 is 1.67 bits per heavy atom. The lowest BCUT2D eigenvalue weighted by atomic mass is 10.1. The molecule has 1 heterocycles. The van der Waals surface area contributed by atoms with Crippen LogP contribution in [0.5, 0.6) is 0 Å². The maximum atomic E-state index is 12.3. The van der Waals surface area contributed by atoms with Gasteiger partial charge in [-0.3, -0.25) is 4.79 Å². The molecule has 1 aromatic heterocycles. The van der Waals surface area contributed by atoms with Crippen molar-refractivity contribution >= 4 is 57.6 Å². The van der Waals surface area contributed by atoms with Crippen molar-refractivity contribution in [2.45, 2.75) is 0 Å². The van der Waals surface area contributed by atoms with Crippen molar-refractivity contribution in [3.63, 3.8) is 0 Å². The van der Waals surface area contributed by atoms with Crippen LogP contribution in [-0.2, 0) is 0 Å². The molecule has 0 aliphatic heterocycles. The second-order valence-corrected chi connectivity index (χ2v) is 6.27. The predicted molar refractivity (Wildman–Crippen MR) is 97.3 cm³/mol. The molecule has 24 heavy (non-hydrogen) atoms. The first kappa shape index (κ1) is 16.8. The van der Waals surface area contributed by atoms with Gasteiger partial charge in [-0.15, -0.1) is 0 Å². The van der Waals surface area contributed by atoms with Gasteiger partial charge in [0.25, 0.3) is 0 Å². The molecule has 0 aliphatic rings. The molecule has 3 nitrogen and oxygen atoms in total. The topological polar surface area (TPSA) is 47.3 Å².